The van der Waals surface area contributed by atoms with E-state index in [0.717, 1.165) is 38.4 Å². The molecule has 0 bridgehead atoms. The summed E-state index contributed by atoms with van der Waals surface area (Å²) in [6.45, 7) is 12.8. The lowest BCUT2D eigenvalue weighted by atomic mass is 10.0. The van der Waals surface area contributed by atoms with Crippen molar-refractivity contribution in [1.82, 2.24) is 19.6 Å². The SMILES string of the molecule is CCn1nc(C)cc1C(=O)N1CCN(C(C)(C)CN)CC1. The molecule has 21 heavy (non-hydrogen) atoms. The normalized spacial score (nSPS) is 17.3. The molecular weight excluding hydrogens is 266 g/mol. The first-order valence-electron chi connectivity index (χ1n) is 7.68. The van der Waals surface area contributed by atoms with Gasteiger partial charge in [0.2, 0.25) is 0 Å². The highest BCUT2D eigenvalue weighted by Crippen LogP contribution is 2.17. The summed E-state index contributed by atoms with van der Waals surface area (Å²) in [6, 6.07) is 1.88. The Morgan fingerprint density at radius 2 is 1.95 bits per heavy atom. The van der Waals surface area contributed by atoms with Crippen molar-refractivity contribution >= 4 is 5.91 Å². The molecule has 1 aliphatic rings. The van der Waals surface area contributed by atoms with E-state index in [0.29, 0.717) is 12.2 Å². The molecule has 0 aromatic carbocycles. The molecule has 1 aromatic heterocycles. The summed E-state index contributed by atoms with van der Waals surface area (Å²) in [5, 5.41) is 4.35. The molecule has 2 rings (SSSR count). The van der Waals surface area contributed by atoms with Crippen LogP contribution in [0, 0.1) is 6.92 Å². The molecule has 0 radical (unpaired) electrons. The third-order valence-corrected chi connectivity index (χ3v) is 4.34. The minimum Gasteiger partial charge on any atom is -0.335 e. The molecular formula is C15H27N5O. The van der Waals surface area contributed by atoms with Gasteiger partial charge < -0.3 is 10.6 Å². The summed E-state index contributed by atoms with van der Waals surface area (Å²) in [6.07, 6.45) is 0. The van der Waals surface area contributed by atoms with Gasteiger partial charge in [0, 0.05) is 44.8 Å². The number of aromatic nitrogens is 2. The first-order valence-corrected chi connectivity index (χ1v) is 7.68. The van der Waals surface area contributed by atoms with Gasteiger partial charge in [0.15, 0.2) is 0 Å². The number of carbonyl (C=O) groups excluding carboxylic acids is 1. The maximum absolute atomic E-state index is 12.6. The zero-order valence-electron chi connectivity index (χ0n) is 13.6. The Kier molecular flexibility index (Phi) is 4.68. The van der Waals surface area contributed by atoms with Gasteiger partial charge in [-0.3, -0.25) is 14.4 Å². The van der Waals surface area contributed by atoms with Gasteiger partial charge in [0.1, 0.15) is 5.69 Å². The Hall–Kier alpha value is -1.40. The van der Waals surface area contributed by atoms with Crippen LogP contribution in [0.25, 0.3) is 0 Å². The molecule has 0 aliphatic carbocycles. The lowest BCUT2D eigenvalue weighted by Crippen LogP contribution is -2.58. The number of rotatable bonds is 4. The number of piperazine rings is 1. The molecule has 1 fully saturated rings. The summed E-state index contributed by atoms with van der Waals surface area (Å²) in [5.41, 5.74) is 7.41. The quantitative estimate of drug-likeness (QED) is 0.887. The molecule has 0 spiro atoms. The summed E-state index contributed by atoms with van der Waals surface area (Å²) < 4.78 is 1.79. The van der Waals surface area contributed by atoms with Gasteiger partial charge in [0.25, 0.3) is 5.91 Å². The fraction of sp³-hybridized carbons (Fsp3) is 0.733. The van der Waals surface area contributed by atoms with Gasteiger partial charge in [-0.1, -0.05) is 0 Å². The highest BCUT2D eigenvalue weighted by molar-refractivity contribution is 5.92. The van der Waals surface area contributed by atoms with Crippen LogP contribution in [0.4, 0.5) is 0 Å². The van der Waals surface area contributed by atoms with E-state index in [4.69, 9.17) is 5.73 Å². The van der Waals surface area contributed by atoms with Gasteiger partial charge in [-0.05, 0) is 33.8 Å². The second kappa shape index (κ2) is 6.15. The molecule has 1 saturated heterocycles. The average molecular weight is 293 g/mol. The number of nitrogens with two attached hydrogens (primary N) is 1. The monoisotopic (exact) mass is 293 g/mol. The van der Waals surface area contributed by atoms with Crippen molar-refractivity contribution < 1.29 is 4.79 Å². The van der Waals surface area contributed by atoms with Gasteiger partial charge in [-0.25, -0.2) is 0 Å². The van der Waals surface area contributed by atoms with Crippen LogP contribution in [-0.2, 0) is 6.54 Å². The van der Waals surface area contributed by atoms with Gasteiger partial charge in [-0.2, -0.15) is 5.10 Å². The fourth-order valence-electron chi connectivity index (χ4n) is 2.76. The molecule has 6 nitrogen and oxygen atoms in total. The summed E-state index contributed by atoms with van der Waals surface area (Å²) >= 11 is 0. The minimum atomic E-state index is -0.00306. The van der Waals surface area contributed by atoms with Crippen LogP contribution in [-0.4, -0.2) is 63.8 Å². The van der Waals surface area contributed by atoms with E-state index < -0.39 is 0 Å². The topological polar surface area (TPSA) is 67.4 Å². The van der Waals surface area contributed by atoms with Gasteiger partial charge in [0.05, 0.1) is 5.69 Å². The van der Waals surface area contributed by atoms with E-state index in [1.807, 2.05) is 24.8 Å². The van der Waals surface area contributed by atoms with E-state index in [-0.39, 0.29) is 11.4 Å². The molecule has 2 heterocycles. The molecule has 0 unspecified atom stereocenters. The first-order chi connectivity index (χ1) is 9.89. The van der Waals surface area contributed by atoms with E-state index in [1.54, 1.807) is 4.68 Å². The molecule has 1 amide bonds. The third-order valence-electron chi connectivity index (χ3n) is 4.34. The van der Waals surface area contributed by atoms with Crippen molar-refractivity contribution in [2.75, 3.05) is 32.7 Å². The predicted octanol–water partition coefficient (Wildman–Crippen LogP) is 0.707. The fourth-order valence-corrected chi connectivity index (χ4v) is 2.76. The van der Waals surface area contributed by atoms with Crippen molar-refractivity contribution in [3.63, 3.8) is 0 Å². The molecule has 0 saturated carbocycles. The van der Waals surface area contributed by atoms with Gasteiger partial charge in [-0.15, -0.1) is 0 Å². The van der Waals surface area contributed by atoms with Gasteiger partial charge >= 0.3 is 0 Å². The average Bonchev–Trinajstić information content (AvgIpc) is 2.87. The van der Waals surface area contributed by atoms with Crippen molar-refractivity contribution in [2.24, 2.45) is 5.73 Å². The van der Waals surface area contributed by atoms with Crippen LogP contribution >= 0.6 is 0 Å². The van der Waals surface area contributed by atoms with Crippen LogP contribution in [0.2, 0.25) is 0 Å². The second-order valence-corrected chi connectivity index (χ2v) is 6.28. The maximum Gasteiger partial charge on any atom is 0.272 e. The van der Waals surface area contributed by atoms with E-state index in [2.05, 4.69) is 23.8 Å². The molecule has 0 atom stereocenters. The third kappa shape index (κ3) is 3.27. The Morgan fingerprint density at radius 3 is 2.48 bits per heavy atom. The zero-order valence-corrected chi connectivity index (χ0v) is 13.6. The van der Waals surface area contributed by atoms with E-state index in [9.17, 15) is 4.79 Å². The van der Waals surface area contributed by atoms with Crippen LogP contribution in [0.3, 0.4) is 0 Å². The zero-order chi connectivity index (χ0) is 15.6. The van der Waals surface area contributed by atoms with Crippen LogP contribution < -0.4 is 5.73 Å². The number of carbonyl (C=O) groups is 1. The smallest absolute Gasteiger partial charge is 0.272 e. The number of amides is 1. The molecule has 118 valence electrons. The summed E-state index contributed by atoms with van der Waals surface area (Å²) in [7, 11) is 0. The summed E-state index contributed by atoms with van der Waals surface area (Å²) in [4.78, 5) is 16.9. The lowest BCUT2D eigenvalue weighted by molar-refractivity contribution is 0.0417. The Labute approximate surface area is 126 Å². The molecule has 1 aromatic rings. The highest BCUT2D eigenvalue weighted by Gasteiger charge is 2.31. The summed E-state index contributed by atoms with van der Waals surface area (Å²) in [5.74, 6) is 0.0858. The second-order valence-electron chi connectivity index (χ2n) is 6.28. The number of hydrogen-bond acceptors (Lipinski definition) is 4. The molecule has 6 heteroatoms. The predicted molar refractivity (Wildman–Crippen MR) is 83.2 cm³/mol. The Morgan fingerprint density at radius 1 is 1.33 bits per heavy atom. The Bertz CT molecular complexity index is 500. The van der Waals surface area contributed by atoms with E-state index >= 15 is 0 Å². The largest absolute Gasteiger partial charge is 0.335 e. The van der Waals surface area contributed by atoms with E-state index in [1.165, 1.54) is 0 Å². The maximum atomic E-state index is 12.6. The van der Waals surface area contributed by atoms with Crippen LogP contribution in [0.5, 0.6) is 0 Å². The standard InChI is InChI=1S/C15H27N5O/c1-5-20-13(10-12(2)17-20)14(21)18-6-8-19(9-7-18)15(3,4)11-16/h10H,5-9,11,16H2,1-4H3. The van der Waals surface area contributed by atoms with Crippen molar-refractivity contribution in [3.05, 3.63) is 17.5 Å². The number of aryl methyl sites for hydroxylation is 2. The van der Waals surface area contributed by atoms with Crippen LogP contribution in [0.1, 0.15) is 37.0 Å². The Balaban J connectivity index is 2.03. The number of hydrogen-bond donors (Lipinski definition) is 1. The van der Waals surface area contributed by atoms with Crippen molar-refractivity contribution in [3.8, 4) is 0 Å². The molecule has 1 aliphatic heterocycles. The van der Waals surface area contributed by atoms with Crippen LogP contribution in [0.15, 0.2) is 6.07 Å². The highest BCUT2D eigenvalue weighted by atomic mass is 16.2. The van der Waals surface area contributed by atoms with Crippen molar-refractivity contribution in [1.29, 1.82) is 0 Å². The molecule has 2 N–H and O–H groups in total. The van der Waals surface area contributed by atoms with Crippen molar-refractivity contribution in [2.45, 2.75) is 39.8 Å². The lowest BCUT2D eigenvalue weighted by Gasteiger charge is -2.43. The minimum absolute atomic E-state index is 0.00306. The first kappa shape index (κ1) is 16.0. The number of nitrogens with zero attached hydrogens (tertiary/aromatic N) is 4.